The van der Waals surface area contributed by atoms with Crippen LogP contribution in [0.1, 0.15) is 21.5 Å². The van der Waals surface area contributed by atoms with Crippen molar-refractivity contribution in [3.8, 4) is 11.1 Å². The van der Waals surface area contributed by atoms with E-state index in [1.54, 1.807) is 6.07 Å². The lowest BCUT2D eigenvalue weighted by Gasteiger charge is -2.10. The van der Waals surface area contributed by atoms with Crippen molar-refractivity contribution in [2.75, 3.05) is 7.11 Å². The average molecular weight is 333 g/mol. The summed E-state index contributed by atoms with van der Waals surface area (Å²) >= 11 is 3.56. The molecule has 2 aromatic rings. The van der Waals surface area contributed by atoms with E-state index in [1.807, 2.05) is 24.3 Å². The molecule has 1 aliphatic heterocycles. The first-order valence-corrected chi connectivity index (χ1v) is 7.06. The maximum atomic E-state index is 11.6. The number of benzene rings is 2. The van der Waals surface area contributed by atoms with Crippen molar-refractivity contribution < 1.29 is 14.3 Å². The number of ether oxygens (including phenoxy) is 2. The number of fused-ring (bicyclic) bond motifs is 3. The molecular formula is C16H13BrO3. The third kappa shape index (κ3) is 2.25. The molecule has 4 heteroatoms. The van der Waals surface area contributed by atoms with E-state index in [2.05, 4.69) is 22.0 Å². The second kappa shape index (κ2) is 5.38. The summed E-state index contributed by atoms with van der Waals surface area (Å²) in [5, 5.41) is 0. The van der Waals surface area contributed by atoms with Crippen LogP contribution in [0, 0.1) is 0 Å². The molecule has 3 rings (SSSR count). The van der Waals surface area contributed by atoms with Crippen LogP contribution < -0.4 is 0 Å². The van der Waals surface area contributed by atoms with E-state index in [4.69, 9.17) is 9.47 Å². The molecule has 2 aromatic carbocycles. The Balaban J connectivity index is 2.16. The van der Waals surface area contributed by atoms with Crippen LogP contribution in [0.4, 0.5) is 0 Å². The van der Waals surface area contributed by atoms with E-state index in [-0.39, 0.29) is 5.97 Å². The number of esters is 1. The molecule has 1 heterocycles. The highest BCUT2D eigenvalue weighted by molar-refractivity contribution is 9.10. The second-order valence-corrected chi connectivity index (χ2v) is 5.48. The minimum atomic E-state index is -0.327. The molecule has 102 valence electrons. The molecule has 0 unspecified atom stereocenters. The molecule has 0 bridgehead atoms. The SMILES string of the molecule is COC(=O)c1ccc2c(c1)COCc1c(Br)cccc1-2. The lowest BCUT2D eigenvalue weighted by Crippen LogP contribution is -2.02. The number of carbonyl (C=O) groups excluding carboxylic acids is 1. The maximum absolute atomic E-state index is 11.6. The van der Waals surface area contributed by atoms with Gasteiger partial charge in [-0.05, 0) is 40.5 Å². The first kappa shape index (κ1) is 13.3. The van der Waals surface area contributed by atoms with Gasteiger partial charge < -0.3 is 9.47 Å². The van der Waals surface area contributed by atoms with Crippen molar-refractivity contribution >= 4 is 21.9 Å². The quantitative estimate of drug-likeness (QED) is 0.742. The summed E-state index contributed by atoms with van der Waals surface area (Å²) in [5.74, 6) is -0.327. The van der Waals surface area contributed by atoms with Gasteiger partial charge in [-0.3, -0.25) is 0 Å². The number of hydrogen-bond donors (Lipinski definition) is 0. The summed E-state index contributed by atoms with van der Waals surface area (Å²) in [4.78, 5) is 11.6. The van der Waals surface area contributed by atoms with E-state index in [9.17, 15) is 4.79 Å². The van der Waals surface area contributed by atoms with E-state index in [1.165, 1.54) is 7.11 Å². The van der Waals surface area contributed by atoms with Crippen LogP contribution in [0.15, 0.2) is 40.9 Å². The largest absolute Gasteiger partial charge is 0.465 e. The van der Waals surface area contributed by atoms with Crippen molar-refractivity contribution in [1.82, 2.24) is 0 Å². The van der Waals surface area contributed by atoms with E-state index in [0.717, 1.165) is 26.7 Å². The standard InChI is InChI=1S/C16H13BrO3/c1-19-16(18)10-5-6-12-11(7-10)8-20-9-14-13(12)3-2-4-15(14)17/h2-7H,8-9H2,1H3. The van der Waals surface area contributed by atoms with Crippen molar-refractivity contribution in [1.29, 1.82) is 0 Å². The van der Waals surface area contributed by atoms with E-state index < -0.39 is 0 Å². The molecule has 1 aliphatic rings. The van der Waals surface area contributed by atoms with E-state index in [0.29, 0.717) is 18.8 Å². The van der Waals surface area contributed by atoms with Crippen molar-refractivity contribution in [3.63, 3.8) is 0 Å². The summed E-state index contributed by atoms with van der Waals surface area (Å²) in [6, 6.07) is 11.7. The normalized spacial score (nSPS) is 13.1. The van der Waals surface area contributed by atoms with E-state index >= 15 is 0 Å². The Labute approximate surface area is 125 Å². The predicted octanol–water partition coefficient (Wildman–Crippen LogP) is 3.93. The first-order valence-electron chi connectivity index (χ1n) is 6.27. The molecule has 0 atom stereocenters. The molecule has 0 fully saturated rings. The molecule has 0 saturated heterocycles. The van der Waals surface area contributed by atoms with Crippen molar-refractivity contribution in [2.24, 2.45) is 0 Å². The lowest BCUT2D eigenvalue weighted by atomic mass is 9.95. The van der Waals surface area contributed by atoms with Crippen LogP contribution >= 0.6 is 15.9 Å². The molecule has 20 heavy (non-hydrogen) atoms. The Morgan fingerprint density at radius 1 is 1.20 bits per heavy atom. The van der Waals surface area contributed by atoms with Crippen LogP contribution in [0.5, 0.6) is 0 Å². The Morgan fingerprint density at radius 2 is 2.05 bits per heavy atom. The minimum Gasteiger partial charge on any atom is -0.465 e. The zero-order valence-electron chi connectivity index (χ0n) is 11.0. The van der Waals surface area contributed by atoms with Crippen LogP contribution in [0.3, 0.4) is 0 Å². The Morgan fingerprint density at radius 3 is 2.85 bits per heavy atom. The zero-order chi connectivity index (χ0) is 14.1. The summed E-state index contributed by atoms with van der Waals surface area (Å²) < 4.78 is 11.5. The number of rotatable bonds is 1. The fourth-order valence-electron chi connectivity index (χ4n) is 2.44. The molecule has 0 aromatic heterocycles. The van der Waals surface area contributed by atoms with Gasteiger partial charge in [-0.25, -0.2) is 4.79 Å². The molecule has 0 N–H and O–H groups in total. The van der Waals surface area contributed by atoms with Gasteiger partial charge in [-0.15, -0.1) is 0 Å². The van der Waals surface area contributed by atoms with Gasteiger partial charge in [0, 0.05) is 4.47 Å². The van der Waals surface area contributed by atoms with Crippen LogP contribution in [-0.4, -0.2) is 13.1 Å². The zero-order valence-corrected chi connectivity index (χ0v) is 12.6. The Bertz CT molecular complexity index is 679. The highest BCUT2D eigenvalue weighted by Crippen LogP contribution is 2.35. The molecule has 0 spiro atoms. The summed E-state index contributed by atoms with van der Waals surface area (Å²) in [7, 11) is 1.39. The summed E-state index contributed by atoms with van der Waals surface area (Å²) in [5.41, 5.74) is 4.94. The third-order valence-corrected chi connectivity index (χ3v) is 4.18. The second-order valence-electron chi connectivity index (χ2n) is 4.62. The van der Waals surface area contributed by atoms with Gasteiger partial charge in [0.25, 0.3) is 0 Å². The molecule has 0 aliphatic carbocycles. The maximum Gasteiger partial charge on any atom is 0.337 e. The van der Waals surface area contributed by atoms with Crippen molar-refractivity contribution in [2.45, 2.75) is 13.2 Å². The summed E-state index contributed by atoms with van der Waals surface area (Å²) in [6.07, 6.45) is 0. The summed E-state index contributed by atoms with van der Waals surface area (Å²) in [6.45, 7) is 1.04. The topological polar surface area (TPSA) is 35.5 Å². The fraction of sp³-hybridized carbons (Fsp3) is 0.188. The first-order chi connectivity index (χ1) is 9.70. The van der Waals surface area contributed by atoms with Crippen LogP contribution in [-0.2, 0) is 22.7 Å². The molecule has 0 radical (unpaired) electrons. The highest BCUT2D eigenvalue weighted by atomic mass is 79.9. The number of methoxy groups -OCH3 is 1. The Kier molecular flexibility index (Phi) is 3.59. The number of carbonyl (C=O) groups is 1. The van der Waals surface area contributed by atoms with Gasteiger partial charge in [0.05, 0.1) is 25.9 Å². The van der Waals surface area contributed by atoms with Gasteiger partial charge in [0.15, 0.2) is 0 Å². The average Bonchev–Trinajstić information content (AvgIpc) is 2.66. The predicted molar refractivity (Wildman–Crippen MR) is 79.4 cm³/mol. The van der Waals surface area contributed by atoms with Gasteiger partial charge in [0.1, 0.15) is 0 Å². The molecule has 3 nitrogen and oxygen atoms in total. The van der Waals surface area contributed by atoms with Gasteiger partial charge in [-0.2, -0.15) is 0 Å². The fourth-order valence-corrected chi connectivity index (χ4v) is 2.92. The van der Waals surface area contributed by atoms with Gasteiger partial charge >= 0.3 is 5.97 Å². The molecular weight excluding hydrogens is 320 g/mol. The monoisotopic (exact) mass is 332 g/mol. The smallest absolute Gasteiger partial charge is 0.337 e. The number of hydrogen-bond acceptors (Lipinski definition) is 3. The van der Waals surface area contributed by atoms with Crippen molar-refractivity contribution in [3.05, 3.63) is 57.6 Å². The molecule has 0 saturated carbocycles. The minimum absolute atomic E-state index is 0.327. The van der Waals surface area contributed by atoms with Crippen LogP contribution in [0.25, 0.3) is 11.1 Å². The van der Waals surface area contributed by atoms with Gasteiger partial charge in [-0.1, -0.05) is 34.1 Å². The third-order valence-electron chi connectivity index (χ3n) is 3.44. The highest BCUT2D eigenvalue weighted by Gasteiger charge is 2.18. The van der Waals surface area contributed by atoms with Gasteiger partial charge in [0.2, 0.25) is 0 Å². The number of halogens is 1. The van der Waals surface area contributed by atoms with Crippen LogP contribution in [0.2, 0.25) is 0 Å². The Hall–Kier alpha value is -1.65. The lowest BCUT2D eigenvalue weighted by molar-refractivity contribution is 0.0600. The molecule has 0 amide bonds.